The van der Waals surface area contributed by atoms with Gasteiger partial charge in [0.05, 0.1) is 12.2 Å². The van der Waals surface area contributed by atoms with Crippen LogP contribution in [0.1, 0.15) is 11.3 Å². The van der Waals surface area contributed by atoms with Crippen molar-refractivity contribution in [1.29, 1.82) is 0 Å². The average Bonchev–Trinajstić information content (AvgIpc) is 2.31. The summed E-state index contributed by atoms with van der Waals surface area (Å²) in [5.41, 5.74) is 3.09. The smallest absolute Gasteiger partial charge is 0.106 e. The summed E-state index contributed by atoms with van der Waals surface area (Å²) in [6.07, 6.45) is 0. The first kappa shape index (κ1) is 12.4. The summed E-state index contributed by atoms with van der Waals surface area (Å²) in [5, 5.41) is 4.10. The molecule has 0 saturated carbocycles. The van der Waals surface area contributed by atoms with Gasteiger partial charge in [-0.15, -0.1) is 0 Å². The van der Waals surface area contributed by atoms with Gasteiger partial charge >= 0.3 is 0 Å². The number of nitrogens with zero attached hydrogens (tertiary/aromatic N) is 1. The molecule has 1 N–H and O–H groups in total. The average molecular weight is 312 g/mol. The van der Waals surface area contributed by atoms with Gasteiger partial charge in [-0.05, 0) is 52.7 Å². The number of pyridine rings is 1. The van der Waals surface area contributed by atoms with Crippen LogP contribution in [0.4, 0.5) is 5.69 Å². The Balaban J connectivity index is 2.10. The number of halogens is 2. The van der Waals surface area contributed by atoms with Crippen LogP contribution >= 0.6 is 27.5 Å². The van der Waals surface area contributed by atoms with Crippen LogP contribution in [0, 0.1) is 6.92 Å². The molecule has 0 spiro atoms. The molecule has 0 amide bonds. The van der Waals surface area contributed by atoms with Gasteiger partial charge in [-0.25, -0.2) is 4.98 Å². The zero-order valence-corrected chi connectivity index (χ0v) is 11.7. The van der Waals surface area contributed by atoms with E-state index in [2.05, 4.69) is 26.2 Å². The molecule has 2 aromatic rings. The highest BCUT2D eigenvalue weighted by Gasteiger charge is 2.02. The summed E-state index contributed by atoms with van der Waals surface area (Å²) in [7, 11) is 0. The maximum absolute atomic E-state index is 6.06. The highest BCUT2D eigenvalue weighted by atomic mass is 79.9. The van der Waals surface area contributed by atoms with Gasteiger partial charge in [0.15, 0.2) is 0 Å². The number of rotatable bonds is 3. The third kappa shape index (κ3) is 3.20. The first-order valence-electron chi connectivity index (χ1n) is 5.27. The molecule has 88 valence electrons. The number of hydrogen-bond donors (Lipinski definition) is 1. The van der Waals surface area contributed by atoms with Crippen molar-refractivity contribution in [2.45, 2.75) is 13.5 Å². The second kappa shape index (κ2) is 5.52. The lowest BCUT2D eigenvalue weighted by molar-refractivity contribution is 1.03. The second-order valence-corrected chi connectivity index (χ2v) is 4.94. The Labute approximate surface area is 114 Å². The van der Waals surface area contributed by atoms with Crippen molar-refractivity contribution in [3.05, 3.63) is 57.3 Å². The molecule has 0 radical (unpaired) electrons. The van der Waals surface area contributed by atoms with E-state index in [0.717, 1.165) is 26.6 Å². The van der Waals surface area contributed by atoms with E-state index in [1.165, 1.54) is 0 Å². The summed E-state index contributed by atoms with van der Waals surface area (Å²) >= 11 is 9.41. The van der Waals surface area contributed by atoms with Crippen molar-refractivity contribution in [3.8, 4) is 0 Å². The van der Waals surface area contributed by atoms with E-state index in [4.69, 9.17) is 11.6 Å². The van der Waals surface area contributed by atoms with Crippen molar-refractivity contribution in [1.82, 2.24) is 4.98 Å². The van der Waals surface area contributed by atoms with E-state index in [-0.39, 0.29) is 0 Å². The highest BCUT2D eigenvalue weighted by Crippen LogP contribution is 2.23. The van der Waals surface area contributed by atoms with Crippen molar-refractivity contribution >= 4 is 33.2 Å². The van der Waals surface area contributed by atoms with Crippen LogP contribution in [0.3, 0.4) is 0 Å². The fourth-order valence-corrected chi connectivity index (χ4v) is 2.09. The summed E-state index contributed by atoms with van der Waals surface area (Å²) in [4.78, 5) is 4.36. The van der Waals surface area contributed by atoms with Gasteiger partial charge < -0.3 is 5.32 Å². The Hall–Kier alpha value is -1.06. The number of hydrogen-bond acceptors (Lipinski definition) is 2. The lowest BCUT2D eigenvalue weighted by Gasteiger charge is -2.10. The molecule has 2 rings (SSSR count). The predicted octanol–water partition coefficient (Wildman–Crippen LogP) is 4.42. The molecule has 1 heterocycles. The number of benzene rings is 1. The molecular weight excluding hydrogens is 300 g/mol. The predicted molar refractivity (Wildman–Crippen MR) is 75.5 cm³/mol. The maximum atomic E-state index is 6.06. The minimum atomic E-state index is 0.681. The summed E-state index contributed by atoms with van der Waals surface area (Å²) in [6, 6.07) is 11.7. The Bertz CT molecular complexity index is 529. The molecule has 0 aliphatic carbocycles. The van der Waals surface area contributed by atoms with Crippen LogP contribution in [0.25, 0.3) is 0 Å². The van der Waals surface area contributed by atoms with Gasteiger partial charge in [0.1, 0.15) is 4.60 Å². The van der Waals surface area contributed by atoms with Gasteiger partial charge in [0, 0.05) is 10.7 Å². The topological polar surface area (TPSA) is 24.9 Å². The van der Waals surface area contributed by atoms with Crippen LogP contribution in [-0.2, 0) is 6.54 Å². The molecule has 1 aromatic heterocycles. The molecule has 1 aromatic carbocycles. The Morgan fingerprint density at radius 1 is 1.24 bits per heavy atom. The van der Waals surface area contributed by atoms with E-state index >= 15 is 0 Å². The zero-order valence-electron chi connectivity index (χ0n) is 9.37. The molecule has 0 atom stereocenters. The van der Waals surface area contributed by atoms with Crippen molar-refractivity contribution < 1.29 is 0 Å². The van der Waals surface area contributed by atoms with Gasteiger partial charge in [0.2, 0.25) is 0 Å². The van der Waals surface area contributed by atoms with Gasteiger partial charge in [-0.1, -0.05) is 23.7 Å². The first-order valence-corrected chi connectivity index (χ1v) is 6.44. The number of nitrogens with one attached hydrogen (secondary N) is 1. The Morgan fingerprint density at radius 2 is 2.00 bits per heavy atom. The zero-order chi connectivity index (χ0) is 12.3. The highest BCUT2D eigenvalue weighted by molar-refractivity contribution is 9.10. The molecule has 2 nitrogen and oxygen atoms in total. The first-order chi connectivity index (χ1) is 8.16. The normalized spacial score (nSPS) is 10.3. The molecular formula is C13H12BrClN2. The van der Waals surface area contributed by atoms with Crippen LogP contribution in [0.2, 0.25) is 5.02 Å². The quantitative estimate of drug-likeness (QED) is 0.849. The standard InChI is InChI=1S/C13H12BrClN2/c1-9-11(15)5-3-6-12(9)16-8-10-4-2-7-13(14)17-10/h2-7,16H,8H2,1H3. The van der Waals surface area contributed by atoms with Crippen LogP contribution in [0.15, 0.2) is 41.0 Å². The maximum Gasteiger partial charge on any atom is 0.106 e. The SMILES string of the molecule is Cc1c(Cl)cccc1NCc1cccc(Br)n1. The van der Waals surface area contributed by atoms with Crippen LogP contribution in [-0.4, -0.2) is 4.98 Å². The summed E-state index contributed by atoms with van der Waals surface area (Å²) in [6.45, 7) is 2.68. The molecule has 0 aliphatic rings. The van der Waals surface area contributed by atoms with E-state index < -0.39 is 0 Å². The van der Waals surface area contributed by atoms with Crippen LogP contribution in [0.5, 0.6) is 0 Å². The van der Waals surface area contributed by atoms with E-state index in [0.29, 0.717) is 6.54 Å². The second-order valence-electron chi connectivity index (χ2n) is 3.72. The molecule has 0 bridgehead atoms. The van der Waals surface area contributed by atoms with E-state index in [1.54, 1.807) is 0 Å². The molecule has 0 saturated heterocycles. The fourth-order valence-electron chi connectivity index (χ4n) is 1.53. The molecule has 0 unspecified atom stereocenters. The third-order valence-electron chi connectivity index (χ3n) is 2.50. The summed E-state index contributed by atoms with van der Waals surface area (Å²) in [5.74, 6) is 0. The van der Waals surface area contributed by atoms with E-state index in [9.17, 15) is 0 Å². The van der Waals surface area contributed by atoms with Crippen molar-refractivity contribution in [2.24, 2.45) is 0 Å². The van der Waals surface area contributed by atoms with Gasteiger partial charge in [0.25, 0.3) is 0 Å². The minimum absolute atomic E-state index is 0.681. The van der Waals surface area contributed by atoms with Crippen LogP contribution < -0.4 is 5.32 Å². The molecule has 17 heavy (non-hydrogen) atoms. The minimum Gasteiger partial charge on any atom is -0.379 e. The van der Waals surface area contributed by atoms with Gasteiger partial charge in [-0.2, -0.15) is 0 Å². The lowest BCUT2D eigenvalue weighted by Crippen LogP contribution is -2.03. The fraction of sp³-hybridized carbons (Fsp3) is 0.154. The number of aromatic nitrogens is 1. The van der Waals surface area contributed by atoms with E-state index in [1.807, 2.05) is 43.3 Å². The number of anilines is 1. The third-order valence-corrected chi connectivity index (χ3v) is 3.35. The van der Waals surface area contributed by atoms with Crippen molar-refractivity contribution in [3.63, 3.8) is 0 Å². The molecule has 0 fully saturated rings. The largest absolute Gasteiger partial charge is 0.379 e. The van der Waals surface area contributed by atoms with Crippen molar-refractivity contribution in [2.75, 3.05) is 5.32 Å². The van der Waals surface area contributed by atoms with Gasteiger partial charge in [-0.3, -0.25) is 0 Å². The Morgan fingerprint density at radius 3 is 2.76 bits per heavy atom. The molecule has 0 aliphatic heterocycles. The molecule has 4 heteroatoms. The Kier molecular flexibility index (Phi) is 4.02. The summed E-state index contributed by atoms with van der Waals surface area (Å²) < 4.78 is 0.847. The monoisotopic (exact) mass is 310 g/mol. The lowest BCUT2D eigenvalue weighted by atomic mass is 10.2.